The molecule has 0 spiro atoms. The molecule has 88 valence electrons. The van der Waals surface area contributed by atoms with Crippen LogP contribution in [0.4, 0.5) is 0 Å². The molecule has 1 aliphatic rings. The van der Waals surface area contributed by atoms with Crippen LogP contribution in [-0.4, -0.2) is 50.2 Å². The first-order valence-corrected chi connectivity index (χ1v) is 5.73. The Morgan fingerprint density at radius 3 is 2.60 bits per heavy atom. The minimum Gasteiger partial charge on any atom is -0.461 e. The number of nitrogens with zero attached hydrogens (tertiary/aromatic N) is 1. The lowest BCUT2D eigenvalue weighted by Gasteiger charge is -2.29. The molecule has 1 atom stereocenters. The van der Waals surface area contributed by atoms with Crippen molar-refractivity contribution < 1.29 is 9.53 Å². The normalized spacial score (nSPS) is 21.3. The Kier molecular flexibility index (Phi) is 5.05. The smallest absolute Gasteiger partial charge is 0.323 e. The van der Waals surface area contributed by atoms with Crippen molar-refractivity contribution in [2.45, 2.75) is 38.3 Å². The predicted octanol–water partition coefficient (Wildman–Crippen LogP) is 0.622. The van der Waals surface area contributed by atoms with Crippen molar-refractivity contribution in [3.8, 4) is 0 Å². The number of hydrogen-bond acceptors (Lipinski definition) is 4. The van der Waals surface area contributed by atoms with Crippen molar-refractivity contribution >= 4 is 5.97 Å². The van der Waals surface area contributed by atoms with E-state index in [4.69, 9.17) is 4.74 Å². The van der Waals surface area contributed by atoms with Crippen LogP contribution in [0.2, 0.25) is 0 Å². The summed E-state index contributed by atoms with van der Waals surface area (Å²) in [5.74, 6) is -0.102. The molecular weight excluding hydrogens is 192 g/mol. The number of rotatable bonds is 4. The molecule has 1 fully saturated rings. The maximum atomic E-state index is 11.7. The standard InChI is InChI=1S/C11H22N2O2/c1-4-10(12-2)11(14)15-9-5-7-13(3)8-6-9/h9-10,12H,4-8H2,1-3H3. The minimum absolute atomic E-state index is 0.102. The van der Waals surface area contributed by atoms with Crippen LogP contribution in [0, 0.1) is 0 Å². The van der Waals surface area contributed by atoms with Crippen LogP contribution < -0.4 is 5.32 Å². The van der Waals surface area contributed by atoms with Crippen LogP contribution in [0.1, 0.15) is 26.2 Å². The Labute approximate surface area is 92.0 Å². The molecule has 4 nitrogen and oxygen atoms in total. The summed E-state index contributed by atoms with van der Waals surface area (Å²) in [7, 11) is 3.89. The predicted molar refractivity (Wildman–Crippen MR) is 59.7 cm³/mol. The van der Waals surface area contributed by atoms with Gasteiger partial charge in [-0.15, -0.1) is 0 Å². The molecule has 1 heterocycles. The molecule has 15 heavy (non-hydrogen) atoms. The van der Waals surface area contributed by atoms with Gasteiger partial charge in [-0.25, -0.2) is 0 Å². The molecule has 0 amide bonds. The van der Waals surface area contributed by atoms with Crippen molar-refractivity contribution in [2.24, 2.45) is 0 Å². The van der Waals surface area contributed by atoms with Crippen LogP contribution >= 0.6 is 0 Å². The van der Waals surface area contributed by atoms with Gasteiger partial charge in [0.1, 0.15) is 12.1 Å². The zero-order valence-electron chi connectivity index (χ0n) is 9.95. The van der Waals surface area contributed by atoms with E-state index in [1.165, 1.54) is 0 Å². The number of ether oxygens (including phenoxy) is 1. The zero-order valence-corrected chi connectivity index (χ0v) is 9.95. The third kappa shape index (κ3) is 3.80. The summed E-state index contributed by atoms with van der Waals surface area (Å²) in [6, 6.07) is -0.148. The van der Waals surface area contributed by atoms with Crippen LogP contribution in [0.3, 0.4) is 0 Å². The van der Waals surface area contributed by atoms with Crippen molar-refractivity contribution in [2.75, 3.05) is 27.2 Å². The van der Waals surface area contributed by atoms with Gasteiger partial charge in [-0.05, 0) is 33.4 Å². The van der Waals surface area contributed by atoms with Crippen LogP contribution in [0.15, 0.2) is 0 Å². The molecule has 0 saturated carbocycles. The molecule has 4 heteroatoms. The van der Waals surface area contributed by atoms with Crippen molar-refractivity contribution in [1.82, 2.24) is 10.2 Å². The SMILES string of the molecule is CCC(NC)C(=O)OC1CCN(C)CC1. The first-order valence-electron chi connectivity index (χ1n) is 5.73. The maximum Gasteiger partial charge on any atom is 0.323 e. The van der Waals surface area contributed by atoms with E-state index in [-0.39, 0.29) is 18.1 Å². The van der Waals surface area contributed by atoms with E-state index in [2.05, 4.69) is 17.3 Å². The summed E-state index contributed by atoms with van der Waals surface area (Å²) in [6.07, 6.45) is 2.82. The Bertz CT molecular complexity index is 197. The number of esters is 1. The van der Waals surface area contributed by atoms with Crippen molar-refractivity contribution in [1.29, 1.82) is 0 Å². The molecule has 1 rings (SSSR count). The Balaban J connectivity index is 2.31. The van der Waals surface area contributed by atoms with Gasteiger partial charge in [0.2, 0.25) is 0 Å². The highest BCUT2D eigenvalue weighted by atomic mass is 16.5. The number of nitrogens with one attached hydrogen (secondary N) is 1. The van der Waals surface area contributed by atoms with Gasteiger partial charge in [0, 0.05) is 13.1 Å². The molecule has 1 saturated heterocycles. The average molecular weight is 214 g/mol. The van der Waals surface area contributed by atoms with E-state index >= 15 is 0 Å². The van der Waals surface area contributed by atoms with Crippen LogP contribution in [0.25, 0.3) is 0 Å². The Morgan fingerprint density at radius 2 is 2.13 bits per heavy atom. The number of likely N-dealkylation sites (N-methyl/N-ethyl adjacent to an activating group) is 1. The third-order valence-electron chi connectivity index (χ3n) is 2.99. The summed E-state index contributed by atoms with van der Waals surface area (Å²) >= 11 is 0. The molecule has 0 aromatic carbocycles. The lowest BCUT2D eigenvalue weighted by atomic mass is 10.1. The highest BCUT2D eigenvalue weighted by Crippen LogP contribution is 2.13. The molecule has 0 radical (unpaired) electrons. The van der Waals surface area contributed by atoms with Crippen molar-refractivity contribution in [3.63, 3.8) is 0 Å². The average Bonchev–Trinajstić information content (AvgIpc) is 2.23. The summed E-state index contributed by atoms with van der Waals surface area (Å²) in [6.45, 7) is 4.03. The molecule has 1 unspecified atom stereocenters. The van der Waals surface area contributed by atoms with E-state index in [1.807, 2.05) is 6.92 Å². The van der Waals surface area contributed by atoms with Crippen LogP contribution in [-0.2, 0) is 9.53 Å². The molecule has 1 aliphatic heterocycles. The van der Waals surface area contributed by atoms with Gasteiger partial charge in [0.05, 0.1) is 0 Å². The van der Waals surface area contributed by atoms with Gasteiger partial charge in [-0.3, -0.25) is 4.79 Å². The first-order chi connectivity index (χ1) is 7.17. The number of carbonyl (C=O) groups excluding carboxylic acids is 1. The van der Waals surface area contributed by atoms with E-state index in [9.17, 15) is 4.79 Å². The van der Waals surface area contributed by atoms with Gasteiger partial charge in [-0.1, -0.05) is 6.92 Å². The highest BCUT2D eigenvalue weighted by molar-refractivity contribution is 5.75. The Hall–Kier alpha value is -0.610. The van der Waals surface area contributed by atoms with Gasteiger partial charge >= 0.3 is 5.97 Å². The van der Waals surface area contributed by atoms with E-state index in [1.54, 1.807) is 7.05 Å². The van der Waals surface area contributed by atoms with Crippen molar-refractivity contribution in [3.05, 3.63) is 0 Å². The fourth-order valence-electron chi connectivity index (χ4n) is 1.84. The lowest BCUT2D eigenvalue weighted by molar-refractivity contribution is -0.153. The summed E-state index contributed by atoms with van der Waals surface area (Å²) in [5, 5.41) is 2.96. The fraction of sp³-hybridized carbons (Fsp3) is 0.909. The molecule has 1 N–H and O–H groups in total. The molecular formula is C11H22N2O2. The number of piperidine rings is 1. The zero-order chi connectivity index (χ0) is 11.3. The van der Waals surface area contributed by atoms with Gasteiger partial charge in [0.15, 0.2) is 0 Å². The fourth-order valence-corrected chi connectivity index (χ4v) is 1.84. The summed E-state index contributed by atoms with van der Waals surface area (Å²) < 4.78 is 5.46. The van der Waals surface area contributed by atoms with E-state index < -0.39 is 0 Å². The lowest BCUT2D eigenvalue weighted by Crippen LogP contribution is -2.40. The summed E-state index contributed by atoms with van der Waals surface area (Å²) in [4.78, 5) is 13.9. The quantitative estimate of drug-likeness (QED) is 0.697. The molecule has 0 aromatic heterocycles. The van der Waals surface area contributed by atoms with E-state index in [0.717, 1.165) is 32.4 Å². The van der Waals surface area contributed by atoms with E-state index in [0.29, 0.717) is 0 Å². The summed E-state index contributed by atoms with van der Waals surface area (Å²) in [5.41, 5.74) is 0. The second-order valence-electron chi connectivity index (χ2n) is 4.19. The highest BCUT2D eigenvalue weighted by Gasteiger charge is 2.23. The monoisotopic (exact) mass is 214 g/mol. The largest absolute Gasteiger partial charge is 0.461 e. The first kappa shape index (κ1) is 12.5. The Morgan fingerprint density at radius 1 is 1.53 bits per heavy atom. The number of carbonyl (C=O) groups is 1. The minimum atomic E-state index is -0.148. The molecule has 0 bridgehead atoms. The topological polar surface area (TPSA) is 41.6 Å². The van der Waals surface area contributed by atoms with Crippen LogP contribution in [0.5, 0.6) is 0 Å². The number of hydrogen-bond donors (Lipinski definition) is 1. The second kappa shape index (κ2) is 6.08. The van der Waals surface area contributed by atoms with Gasteiger partial charge < -0.3 is 15.0 Å². The number of likely N-dealkylation sites (tertiary alicyclic amines) is 1. The molecule has 0 aromatic rings. The third-order valence-corrected chi connectivity index (χ3v) is 2.99. The second-order valence-corrected chi connectivity index (χ2v) is 4.19. The van der Waals surface area contributed by atoms with Gasteiger partial charge in [-0.2, -0.15) is 0 Å². The van der Waals surface area contributed by atoms with Gasteiger partial charge in [0.25, 0.3) is 0 Å². The molecule has 0 aliphatic carbocycles. The maximum absolute atomic E-state index is 11.7.